The molecule has 0 spiro atoms. The van der Waals surface area contributed by atoms with Crippen molar-refractivity contribution < 1.29 is 9.59 Å². The lowest BCUT2D eigenvalue weighted by molar-refractivity contribution is -0.135. The number of nitrogens with one attached hydrogen (secondary N) is 2. The van der Waals surface area contributed by atoms with Crippen LogP contribution in [0.5, 0.6) is 0 Å². The minimum absolute atomic E-state index is 0.00838. The van der Waals surface area contributed by atoms with Crippen molar-refractivity contribution in [3.8, 4) is 0 Å². The number of carbonyl (C=O) groups is 2. The molecule has 19 heavy (non-hydrogen) atoms. The molecule has 0 aromatic rings. The Balaban J connectivity index is 2.00. The van der Waals surface area contributed by atoms with Gasteiger partial charge in [-0.25, -0.2) is 0 Å². The maximum Gasteiger partial charge on any atom is 0.243 e. The number of rotatable bonds is 3. The average Bonchev–Trinajstić information content (AvgIpc) is 2.39. The molecule has 1 aliphatic carbocycles. The molecule has 2 fully saturated rings. The van der Waals surface area contributed by atoms with Crippen LogP contribution in [0.4, 0.5) is 0 Å². The highest BCUT2D eigenvalue weighted by atomic mass is 16.2. The molecule has 108 valence electrons. The highest BCUT2D eigenvalue weighted by molar-refractivity contribution is 5.91. The van der Waals surface area contributed by atoms with Gasteiger partial charge < -0.3 is 16.4 Å². The molecule has 0 bridgehead atoms. The van der Waals surface area contributed by atoms with E-state index in [1.165, 1.54) is 0 Å². The largest absolute Gasteiger partial charge is 0.368 e. The van der Waals surface area contributed by atoms with E-state index in [-0.39, 0.29) is 17.7 Å². The van der Waals surface area contributed by atoms with Crippen molar-refractivity contribution in [2.24, 2.45) is 11.7 Å². The lowest BCUT2D eigenvalue weighted by Gasteiger charge is -2.37. The first-order valence-corrected chi connectivity index (χ1v) is 7.39. The van der Waals surface area contributed by atoms with Crippen LogP contribution in [0.2, 0.25) is 0 Å². The molecule has 0 aromatic carbocycles. The van der Waals surface area contributed by atoms with Crippen LogP contribution < -0.4 is 16.4 Å². The second-order valence-corrected chi connectivity index (χ2v) is 6.07. The van der Waals surface area contributed by atoms with Gasteiger partial charge in [0.1, 0.15) is 5.54 Å². The lowest BCUT2D eigenvalue weighted by Crippen LogP contribution is -2.60. The van der Waals surface area contributed by atoms with Crippen molar-refractivity contribution in [3.63, 3.8) is 0 Å². The van der Waals surface area contributed by atoms with E-state index in [0.717, 1.165) is 38.6 Å². The third-order valence-electron chi connectivity index (χ3n) is 4.54. The summed E-state index contributed by atoms with van der Waals surface area (Å²) in [5.41, 5.74) is 4.75. The fourth-order valence-corrected chi connectivity index (χ4v) is 3.30. The Labute approximate surface area is 114 Å². The number of hydrogen-bond acceptors (Lipinski definition) is 3. The molecule has 4 N–H and O–H groups in total. The van der Waals surface area contributed by atoms with Crippen LogP contribution in [0.1, 0.15) is 51.9 Å². The highest BCUT2D eigenvalue weighted by Crippen LogP contribution is 2.29. The third kappa shape index (κ3) is 3.26. The van der Waals surface area contributed by atoms with Crippen molar-refractivity contribution in [3.05, 3.63) is 0 Å². The molecule has 2 amide bonds. The Morgan fingerprint density at radius 1 is 1.26 bits per heavy atom. The SMILES string of the molecule is C[C@H]1C[C@@H](C(=O)NC2(C(N)=O)CCCCC2)CCN1. The van der Waals surface area contributed by atoms with Gasteiger partial charge in [-0.2, -0.15) is 0 Å². The molecule has 2 aliphatic rings. The first kappa shape index (κ1) is 14.3. The number of hydrogen-bond donors (Lipinski definition) is 3. The summed E-state index contributed by atoms with van der Waals surface area (Å²) in [5, 5.41) is 6.31. The topological polar surface area (TPSA) is 84.2 Å². The number of primary amides is 1. The smallest absolute Gasteiger partial charge is 0.243 e. The van der Waals surface area contributed by atoms with E-state index < -0.39 is 5.54 Å². The summed E-state index contributed by atoms with van der Waals surface area (Å²) in [6, 6.07) is 0.361. The van der Waals surface area contributed by atoms with E-state index >= 15 is 0 Å². The van der Waals surface area contributed by atoms with Gasteiger partial charge in [-0.1, -0.05) is 19.3 Å². The molecule has 0 radical (unpaired) electrons. The Morgan fingerprint density at radius 2 is 1.95 bits per heavy atom. The lowest BCUT2D eigenvalue weighted by atomic mass is 9.80. The molecule has 5 heteroatoms. The first-order valence-electron chi connectivity index (χ1n) is 7.39. The van der Waals surface area contributed by atoms with E-state index in [1.54, 1.807) is 0 Å². The molecule has 1 saturated heterocycles. The number of amides is 2. The Kier molecular flexibility index (Phi) is 4.45. The van der Waals surface area contributed by atoms with E-state index in [0.29, 0.717) is 18.9 Å². The van der Waals surface area contributed by atoms with E-state index in [2.05, 4.69) is 17.6 Å². The fourth-order valence-electron chi connectivity index (χ4n) is 3.30. The van der Waals surface area contributed by atoms with Gasteiger partial charge in [-0.05, 0) is 39.2 Å². The van der Waals surface area contributed by atoms with Gasteiger partial charge in [0.15, 0.2) is 0 Å². The summed E-state index contributed by atoms with van der Waals surface area (Å²) in [6.45, 7) is 2.95. The summed E-state index contributed by atoms with van der Waals surface area (Å²) in [6.07, 6.45) is 6.10. The van der Waals surface area contributed by atoms with Gasteiger partial charge in [-0.15, -0.1) is 0 Å². The minimum Gasteiger partial charge on any atom is -0.368 e. The summed E-state index contributed by atoms with van der Waals surface area (Å²) >= 11 is 0. The molecule has 2 atom stereocenters. The van der Waals surface area contributed by atoms with Gasteiger partial charge in [0, 0.05) is 12.0 Å². The van der Waals surface area contributed by atoms with Crippen molar-refractivity contribution >= 4 is 11.8 Å². The van der Waals surface area contributed by atoms with Crippen LogP contribution in [0.3, 0.4) is 0 Å². The fraction of sp³-hybridized carbons (Fsp3) is 0.857. The standard InChI is InChI=1S/C14H25N3O2/c1-10-9-11(5-8-16-10)12(18)17-14(13(15)19)6-3-2-4-7-14/h10-11,16H,2-9H2,1H3,(H2,15,19)(H,17,18)/t10-,11-/m0/s1. The molecule has 1 heterocycles. The Bertz CT molecular complexity index is 351. The summed E-state index contributed by atoms with van der Waals surface area (Å²) < 4.78 is 0. The van der Waals surface area contributed by atoms with Crippen LogP contribution in [-0.4, -0.2) is 29.9 Å². The van der Waals surface area contributed by atoms with E-state index in [4.69, 9.17) is 5.73 Å². The van der Waals surface area contributed by atoms with E-state index in [1.807, 2.05) is 0 Å². The van der Waals surface area contributed by atoms with Crippen LogP contribution in [-0.2, 0) is 9.59 Å². The van der Waals surface area contributed by atoms with Crippen molar-refractivity contribution in [2.45, 2.75) is 63.5 Å². The van der Waals surface area contributed by atoms with Crippen LogP contribution >= 0.6 is 0 Å². The van der Waals surface area contributed by atoms with Crippen LogP contribution in [0.15, 0.2) is 0 Å². The summed E-state index contributed by atoms with van der Waals surface area (Å²) in [7, 11) is 0. The molecular formula is C14H25N3O2. The van der Waals surface area contributed by atoms with Gasteiger partial charge in [0.05, 0.1) is 0 Å². The second-order valence-electron chi connectivity index (χ2n) is 6.07. The van der Waals surface area contributed by atoms with Crippen molar-refractivity contribution in [1.82, 2.24) is 10.6 Å². The predicted molar refractivity (Wildman–Crippen MR) is 73.3 cm³/mol. The van der Waals surface area contributed by atoms with Crippen LogP contribution in [0, 0.1) is 5.92 Å². The molecule has 5 nitrogen and oxygen atoms in total. The van der Waals surface area contributed by atoms with Gasteiger partial charge >= 0.3 is 0 Å². The maximum absolute atomic E-state index is 12.4. The van der Waals surface area contributed by atoms with Crippen molar-refractivity contribution in [2.75, 3.05) is 6.54 Å². The molecule has 0 unspecified atom stereocenters. The van der Waals surface area contributed by atoms with Crippen LogP contribution in [0.25, 0.3) is 0 Å². The molecule has 2 rings (SSSR count). The first-order chi connectivity index (χ1) is 9.03. The second kappa shape index (κ2) is 5.90. The Hall–Kier alpha value is -1.10. The van der Waals surface area contributed by atoms with Crippen molar-refractivity contribution in [1.29, 1.82) is 0 Å². The van der Waals surface area contributed by atoms with Gasteiger partial charge in [0.2, 0.25) is 11.8 Å². The highest BCUT2D eigenvalue weighted by Gasteiger charge is 2.40. The van der Waals surface area contributed by atoms with E-state index in [9.17, 15) is 9.59 Å². The average molecular weight is 267 g/mol. The maximum atomic E-state index is 12.4. The summed E-state index contributed by atoms with van der Waals surface area (Å²) in [4.78, 5) is 24.1. The normalized spacial score (nSPS) is 30.6. The number of carbonyl (C=O) groups excluding carboxylic acids is 2. The molecule has 0 aromatic heterocycles. The number of piperidine rings is 1. The van der Waals surface area contributed by atoms with Gasteiger partial charge in [-0.3, -0.25) is 9.59 Å². The molecule has 1 saturated carbocycles. The molecular weight excluding hydrogens is 242 g/mol. The predicted octanol–water partition coefficient (Wildman–Crippen LogP) is 0.679. The monoisotopic (exact) mass is 267 g/mol. The Morgan fingerprint density at radius 3 is 2.53 bits per heavy atom. The number of nitrogens with two attached hydrogens (primary N) is 1. The zero-order chi connectivity index (χ0) is 13.9. The zero-order valence-corrected chi connectivity index (χ0v) is 11.7. The summed E-state index contributed by atoms with van der Waals surface area (Å²) in [5.74, 6) is -0.356. The minimum atomic E-state index is -0.788. The quantitative estimate of drug-likeness (QED) is 0.703. The zero-order valence-electron chi connectivity index (χ0n) is 11.7. The molecule has 1 aliphatic heterocycles. The third-order valence-corrected chi connectivity index (χ3v) is 4.54. The van der Waals surface area contributed by atoms with Gasteiger partial charge in [0.25, 0.3) is 0 Å².